The Balaban J connectivity index is 2.12. The maximum atomic E-state index is 13.3. The van der Waals surface area contributed by atoms with Crippen molar-refractivity contribution in [1.29, 1.82) is 0 Å². The molecule has 0 aromatic carbocycles. The number of sulfone groups is 1. The van der Waals surface area contributed by atoms with E-state index in [9.17, 15) is 17.6 Å². The quantitative estimate of drug-likeness (QED) is 0.607. The maximum Gasteiger partial charge on any atom is 0.222 e. The van der Waals surface area contributed by atoms with Crippen molar-refractivity contribution in [3.8, 4) is 17.0 Å². The first-order valence-electron chi connectivity index (χ1n) is 9.88. The van der Waals surface area contributed by atoms with Gasteiger partial charge in [-0.15, -0.1) is 0 Å². The van der Waals surface area contributed by atoms with Crippen LogP contribution in [0.3, 0.4) is 0 Å². The number of anilines is 3. The van der Waals surface area contributed by atoms with E-state index < -0.39 is 27.7 Å². The van der Waals surface area contributed by atoms with Crippen LogP contribution in [0.2, 0.25) is 0 Å². The Morgan fingerprint density at radius 3 is 2.60 bits per heavy atom. The molecular weight excluding hydrogens is 413 g/mol. The third-order valence-corrected chi connectivity index (χ3v) is 4.72. The lowest BCUT2D eigenvalue weighted by atomic mass is 10.1. The van der Waals surface area contributed by atoms with Gasteiger partial charge in [0.2, 0.25) is 5.91 Å². The topological polar surface area (TPSA) is 123 Å². The predicted octanol–water partition coefficient (Wildman–Crippen LogP) is 2.79. The van der Waals surface area contributed by atoms with Gasteiger partial charge in [0, 0.05) is 43.1 Å². The second-order valence-electron chi connectivity index (χ2n) is 6.18. The monoisotopic (exact) mass is 434 g/mol. The fraction of sp³-hybridized carbons (Fsp3) is 0.158. The Morgan fingerprint density at radius 2 is 1.97 bits per heavy atom. The summed E-state index contributed by atoms with van der Waals surface area (Å²) in [5.74, 6) is -1.10. The zero-order valence-corrected chi connectivity index (χ0v) is 16.6. The average molecular weight is 434 g/mol. The van der Waals surface area contributed by atoms with Crippen LogP contribution in [0.25, 0.3) is 11.3 Å². The number of halogens is 1. The van der Waals surface area contributed by atoms with Gasteiger partial charge < -0.3 is 15.4 Å². The Morgan fingerprint density at radius 1 is 1.17 bits per heavy atom. The van der Waals surface area contributed by atoms with E-state index in [4.69, 9.17) is 8.85 Å². The zero-order chi connectivity index (χ0) is 24.4. The molecule has 0 unspecified atom stereocenters. The molecule has 0 fully saturated rings. The van der Waals surface area contributed by atoms with Crippen molar-refractivity contribution in [2.75, 3.05) is 23.9 Å². The normalized spacial score (nSPS) is 13.0. The molecule has 3 heterocycles. The van der Waals surface area contributed by atoms with Crippen molar-refractivity contribution in [1.82, 2.24) is 15.0 Å². The highest BCUT2D eigenvalue weighted by molar-refractivity contribution is 7.90. The number of hydrogen-bond acceptors (Lipinski definition) is 8. The molecule has 11 heteroatoms. The highest BCUT2D eigenvalue weighted by Gasteiger charge is 2.15. The minimum atomic E-state index is -3.82. The van der Waals surface area contributed by atoms with Gasteiger partial charge in [0.05, 0.1) is 28.7 Å². The third kappa shape index (κ3) is 5.06. The lowest BCUT2D eigenvalue weighted by Crippen LogP contribution is -2.09. The van der Waals surface area contributed by atoms with E-state index in [-0.39, 0.29) is 29.0 Å². The van der Waals surface area contributed by atoms with Gasteiger partial charge in [-0.25, -0.2) is 22.8 Å². The van der Waals surface area contributed by atoms with Gasteiger partial charge in [-0.2, -0.15) is 0 Å². The van der Waals surface area contributed by atoms with E-state index >= 15 is 0 Å². The van der Waals surface area contributed by atoms with Gasteiger partial charge in [0.25, 0.3) is 0 Å². The molecule has 0 radical (unpaired) electrons. The molecule has 156 valence electrons. The van der Waals surface area contributed by atoms with Gasteiger partial charge in [0.15, 0.2) is 14.9 Å². The summed E-state index contributed by atoms with van der Waals surface area (Å²) in [5.41, 5.74) is 0.957. The van der Waals surface area contributed by atoms with Crippen molar-refractivity contribution in [3.05, 3.63) is 48.5 Å². The summed E-state index contributed by atoms with van der Waals surface area (Å²) in [6.07, 6.45) is 3.28. The fourth-order valence-electron chi connectivity index (χ4n) is 2.48. The molecule has 3 aromatic rings. The molecule has 1 amide bonds. The van der Waals surface area contributed by atoms with E-state index in [0.29, 0.717) is 11.3 Å². The van der Waals surface area contributed by atoms with Crippen LogP contribution >= 0.6 is 0 Å². The smallest absolute Gasteiger partial charge is 0.222 e. The summed E-state index contributed by atoms with van der Waals surface area (Å²) in [6.45, 7) is 1.29. The molecule has 3 aromatic heterocycles. The number of hydrogen-bond donors (Lipinski definition) is 2. The van der Waals surface area contributed by atoms with E-state index in [1.165, 1.54) is 37.4 Å². The molecule has 0 aliphatic carbocycles. The van der Waals surface area contributed by atoms with Crippen LogP contribution in [0.5, 0.6) is 5.75 Å². The first-order valence-corrected chi connectivity index (χ1v) is 10.3. The Labute approximate surface area is 176 Å². The molecule has 30 heavy (non-hydrogen) atoms. The highest BCUT2D eigenvalue weighted by Crippen LogP contribution is 2.31. The Hall–Kier alpha value is -3.60. The van der Waals surface area contributed by atoms with Crippen LogP contribution in [0.15, 0.2) is 47.8 Å². The number of amides is 1. The summed E-state index contributed by atoms with van der Waals surface area (Å²) in [6, 6.07) is 6.21. The average Bonchev–Trinajstić information content (AvgIpc) is 2.66. The van der Waals surface area contributed by atoms with E-state index in [2.05, 4.69) is 25.6 Å². The lowest BCUT2D eigenvalue weighted by molar-refractivity contribution is -0.114. The molecule has 0 bridgehead atoms. The van der Waals surface area contributed by atoms with Crippen LogP contribution in [-0.2, 0) is 14.6 Å². The maximum absolute atomic E-state index is 13.3. The van der Waals surface area contributed by atoms with E-state index in [1.54, 1.807) is 0 Å². The number of methoxy groups -OCH3 is 1. The molecule has 0 saturated heterocycles. The van der Waals surface area contributed by atoms with Gasteiger partial charge in [0.1, 0.15) is 23.2 Å². The summed E-state index contributed by atoms with van der Waals surface area (Å²) >= 11 is 0. The van der Waals surface area contributed by atoms with Crippen LogP contribution in [0.1, 0.15) is 11.0 Å². The lowest BCUT2D eigenvalue weighted by Gasteiger charge is -2.14. The van der Waals surface area contributed by atoms with Crippen LogP contribution in [-0.4, -0.2) is 42.6 Å². The van der Waals surface area contributed by atoms with Crippen molar-refractivity contribution >= 4 is 33.1 Å². The van der Waals surface area contributed by atoms with Crippen LogP contribution in [0, 0.1) is 5.82 Å². The standard InChI is InChI=1S/C19H18FN5O4S/c1-11(26)23-17-8-16(14(10-22-17)15-5-4-12(20)9-21-15)24-18-6-13(29-2)7-19(25-18)30(3,27)28/h4-10H,1-3H3,(H2,22,23,24,25,26)/i2D3. The largest absolute Gasteiger partial charge is 0.497 e. The highest BCUT2D eigenvalue weighted by atomic mass is 32.2. The second kappa shape index (κ2) is 8.41. The summed E-state index contributed by atoms with van der Waals surface area (Å²) in [7, 11) is -6.65. The van der Waals surface area contributed by atoms with Crippen molar-refractivity contribution in [3.63, 3.8) is 0 Å². The minimum absolute atomic E-state index is 0.0690. The predicted molar refractivity (Wildman–Crippen MR) is 109 cm³/mol. The molecular formula is C19H18FN5O4S. The zero-order valence-electron chi connectivity index (χ0n) is 18.8. The van der Waals surface area contributed by atoms with Crippen LogP contribution in [0.4, 0.5) is 21.7 Å². The molecule has 0 saturated carbocycles. The first-order chi connectivity index (χ1) is 15.3. The molecule has 9 nitrogen and oxygen atoms in total. The summed E-state index contributed by atoms with van der Waals surface area (Å²) in [4.78, 5) is 23.6. The Kier molecular flexibility index (Phi) is 4.84. The first kappa shape index (κ1) is 17.3. The molecule has 0 aliphatic heterocycles. The molecule has 2 N–H and O–H groups in total. The molecule has 0 atom stereocenters. The summed E-state index contributed by atoms with van der Waals surface area (Å²) < 4.78 is 64.1. The number of carbonyl (C=O) groups is 1. The third-order valence-electron chi connectivity index (χ3n) is 3.75. The van der Waals surface area contributed by atoms with Gasteiger partial charge in [-0.1, -0.05) is 0 Å². The van der Waals surface area contributed by atoms with Crippen LogP contribution < -0.4 is 15.4 Å². The number of pyridine rings is 3. The second-order valence-corrected chi connectivity index (χ2v) is 8.15. The number of rotatable bonds is 6. The van der Waals surface area contributed by atoms with E-state index in [0.717, 1.165) is 18.5 Å². The van der Waals surface area contributed by atoms with Gasteiger partial charge in [-0.05, 0) is 12.1 Å². The fourth-order valence-corrected chi connectivity index (χ4v) is 3.07. The van der Waals surface area contributed by atoms with Crippen molar-refractivity contribution in [2.24, 2.45) is 0 Å². The van der Waals surface area contributed by atoms with Crippen molar-refractivity contribution < 1.29 is 26.5 Å². The van der Waals surface area contributed by atoms with E-state index in [1.807, 2.05) is 0 Å². The number of nitrogens with zero attached hydrogens (tertiary/aromatic N) is 3. The number of aromatic nitrogens is 3. The number of nitrogens with one attached hydrogen (secondary N) is 2. The molecule has 0 aliphatic rings. The van der Waals surface area contributed by atoms with Gasteiger partial charge >= 0.3 is 0 Å². The number of carbonyl (C=O) groups excluding carboxylic acids is 1. The number of ether oxygens (including phenoxy) is 1. The molecule has 0 spiro atoms. The summed E-state index contributed by atoms with van der Waals surface area (Å²) in [5, 5.41) is 4.96. The van der Waals surface area contributed by atoms with Gasteiger partial charge in [-0.3, -0.25) is 9.78 Å². The minimum Gasteiger partial charge on any atom is -0.497 e. The Bertz CT molecular complexity index is 1300. The van der Waals surface area contributed by atoms with Crippen molar-refractivity contribution in [2.45, 2.75) is 11.9 Å². The SMILES string of the molecule is [2H]C([2H])([2H])Oc1cc(Nc2cc(NC(C)=O)ncc2-c2ccc(F)cn2)nc(S(C)(=O)=O)c1. The molecule has 3 rings (SSSR count).